The second-order valence-electron chi connectivity index (χ2n) is 9.00. The van der Waals surface area contributed by atoms with Gasteiger partial charge in [0.1, 0.15) is 17.0 Å². The van der Waals surface area contributed by atoms with Gasteiger partial charge in [-0.05, 0) is 55.3 Å². The molecule has 2 aliphatic rings. The molecule has 0 atom stereocenters. The molecular formula is C24H30N4O3S. The van der Waals surface area contributed by atoms with E-state index in [1.807, 2.05) is 12.1 Å². The number of nitrogens with zero attached hydrogens (tertiary/aromatic N) is 3. The molecule has 0 amide bonds. The Hall–Kier alpha value is -2.45. The zero-order valence-electron chi connectivity index (χ0n) is 18.5. The van der Waals surface area contributed by atoms with Crippen molar-refractivity contribution in [3.05, 3.63) is 34.2 Å². The highest BCUT2D eigenvalue weighted by Crippen LogP contribution is 2.37. The fraction of sp³-hybridized carbons (Fsp3) is 0.542. The largest absolute Gasteiger partial charge is 0.496 e. The second-order valence-corrected chi connectivity index (χ2v) is 9.75. The first-order valence-electron chi connectivity index (χ1n) is 11.6. The number of nitrogens with one attached hydrogen (secondary N) is 1. The molecule has 1 aliphatic carbocycles. The second kappa shape index (κ2) is 9.19. The van der Waals surface area contributed by atoms with Crippen LogP contribution in [0.5, 0.6) is 5.75 Å². The SMILES string of the molecule is COc1cc(N2CCC(CO)CC2)ccc1-c1nc2snc(C3CCCCC3)c2c(=O)[nH]1. The first-order chi connectivity index (χ1) is 15.7. The van der Waals surface area contributed by atoms with E-state index in [1.54, 1.807) is 7.11 Å². The highest BCUT2D eigenvalue weighted by Gasteiger charge is 2.24. The van der Waals surface area contributed by atoms with Gasteiger partial charge in [-0.1, -0.05) is 19.3 Å². The normalized spacial score (nSPS) is 18.4. The van der Waals surface area contributed by atoms with Crippen LogP contribution in [0, 0.1) is 5.92 Å². The summed E-state index contributed by atoms with van der Waals surface area (Å²) in [4.78, 5) is 23.9. The summed E-state index contributed by atoms with van der Waals surface area (Å²) in [6, 6.07) is 6.04. The van der Waals surface area contributed by atoms with Crippen molar-refractivity contribution in [1.29, 1.82) is 0 Å². The number of hydrogen-bond donors (Lipinski definition) is 2. The third-order valence-electron chi connectivity index (χ3n) is 7.04. The van der Waals surface area contributed by atoms with Gasteiger partial charge in [0.25, 0.3) is 5.56 Å². The minimum absolute atomic E-state index is 0.114. The maximum absolute atomic E-state index is 13.1. The predicted molar refractivity (Wildman–Crippen MR) is 128 cm³/mol. The molecule has 0 spiro atoms. The Morgan fingerprint density at radius 1 is 1.19 bits per heavy atom. The molecule has 1 saturated carbocycles. The fourth-order valence-electron chi connectivity index (χ4n) is 5.11. The molecule has 32 heavy (non-hydrogen) atoms. The van der Waals surface area contributed by atoms with E-state index in [-0.39, 0.29) is 12.2 Å². The minimum atomic E-state index is -0.114. The van der Waals surface area contributed by atoms with Crippen molar-refractivity contribution < 1.29 is 9.84 Å². The average molecular weight is 455 g/mol. The quantitative estimate of drug-likeness (QED) is 0.597. The van der Waals surface area contributed by atoms with Crippen LogP contribution in [0.3, 0.4) is 0 Å². The maximum atomic E-state index is 13.1. The van der Waals surface area contributed by atoms with Gasteiger partial charge in [0.05, 0.1) is 18.4 Å². The van der Waals surface area contributed by atoms with Crippen molar-refractivity contribution in [2.24, 2.45) is 5.92 Å². The van der Waals surface area contributed by atoms with Crippen molar-refractivity contribution in [3.8, 4) is 17.1 Å². The summed E-state index contributed by atoms with van der Waals surface area (Å²) in [7, 11) is 1.64. The predicted octanol–water partition coefficient (Wildman–Crippen LogP) is 4.31. The van der Waals surface area contributed by atoms with E-state index in [4.69, 9.17) is 9.72 Å². The number of rotatable bonds is 5. The molecule has 7 nitrogen and oxygen atoms in total. The summed E-state index contributed by atoms with van der Waals surface area (Å²) >= 11 is 1.32. The van der Waals surface area contributed by atoms with Crippen LogP contribution in [0.15, 0.2) is 23.0 Å². The van der Waals surface area contributed by atoms with Gasteiger partial charge >= 0.3 is 0 Å². The smallest absolute Gasteiger partial charge is 0.261 e. The Kier molecular flexibility index (Phi) is 6.15. The Bertz CT molecular complexity index is 1140. The number of aromatic nitrogens is 3. The third-order valence-corrected chi connectivity index (χ3v) is 7.80. The number of aliphatic hydroxyl groups excluding tert-OH is 1. The lowest BCUT2D eigenvalue weighted by Gasteiger charge is -2.33. The Morgan fingerprint density at radius 3 is 2.69 bits per heavy atom. The molecule has 8 heteroatoms. The van der Waals surface area contributed by atoms with Crippen LogP contribution in [0.2, 0.25) is 0 Å². The number of fused-ring (bicyclic) bond motifs is 1. The Balaban J connectivity index is 1.46. The lowest BCUT2D eigenvalue weighted by Crippen LogP contribution is -2.34. The van der Waals surface area contributed by atoms with E-state index in [9.17, 15) is 9.90 Å². The molecule has 3 aromatic rings. The maximum Gasteiger partial charge on any atom is 0.261 e. The number of aliphatic hydroxyl groups is 1. The summed E-state index contributed by atoms with van der Waals surface area (Å²) in [5.41, 5.74) is 2.67. The number of hydrogen-bond acceptors (Lipinski definition) is 7. The van der Waals surface area contributed by atoms with Crippen molar-refractivity contribution in [1.82, 2.24) is 14.3 Å². The number of ether oxygens (including phenoxy) is 1. The van der Waals surface area contributed by atoms with Crippen LogP contribution in [0.25, 0.3) is 21.6 Å². The molecule has 1 aromatic carbocycles. The number of piperidine rings is 1. The lowest BCUT2D eigenvalue weighted by atomic mass is 9.86. The minimum Gasteiger partial charge on any atom is -0.496 e. The topological polar surface area (TPSA) is 91.3 Å². The van der Waals surface area contributed by atoms with Crippen LogP contribution in [-0.2, 0) is 0 Å². The van der Waals surface area contributed by atoms with Gasteiger partial charge in [-0.2, -0.15) is 4.37 Å². The number of methoxy groups -OCH3 is 1. The number of anilines is 1. The molecule has 2 fully saturated rings. The van der Waals surface area contributed by atoms with E-state index >= 15 is 0 Å². The van der Waals surface area contributed by atoms with E-state index in [2.05, 4.69) is 20.3 Å². The van der Waals surface area contributed by atoms with E-state index in [0.29, 0.717) is 33.6 Å². The number of benzene rings is 1. The summed E-state index contributed by atoms with van der Waals surface area (Å²) < 4.78 is 10.3. The van der Waals surface area contributed by atoms with Crippen LogP contribution in [0.1, 0.15) is 56.6 Å². The highest BCUT2D eigenvalue weighted by atomic mass is 32.1. The van der Waals surface area contributed by atoms with Gasteiger partial charge in [-0.15, -0.1) is 0 Å². The number of H-pyrrole nitrogens is 1. The molecule has 3 heterocycles. The van der Waals surface area contributed by atoms with Gasteiger partial charge in [-0.25, -0.2) is 4.98 Å². The molecular weight excluding hydrogens is 424 g/mol. The third kappa shape index (κ3) is 4.01. The molecule has 1 aliphatic heterocycles. The first-order valence-corrected chi connectivity index (χ1v) is 12.4. The molecule has 5 rings (SSSR count). The van der Waals surface area contributed by atoms with E-state index < -0.39 is 0 Å². The fourth-order valence-corrected chi connectivity index (χ4v) is 5.96. The molecule has 0 radical (unpaired) electrons. The van der Waals surface area contributed by atoms with Gasteiger partial charge in [-0.3, -0.25) is 4.79 Å². The monoisotopic (exact) mass is 454 g/mol. The molecule has 1 saturated heterocycles. The molecule has 170 valence electrons. The van der Waals surface area contributed by atoms with Gasteiger partial charge in [0.2, 0.25) is 0 Å². The highest BCUT2D eigenvalue weighted by molar-refractivity contribution is 7.12. The Labute approximate surface area is 191 Å². The van der Waals surface area contributed by atoms with Crippen LogP contribution >= 0.6 is 11.5 Å². The Morgan fingerprint density at radius 2 is 1.97 bits per heavy atom. The van der Waals surface area contributed by atoms with Crippen LogP contribution in [0.4, 0.5) is 5.69 Å². The zero-order valence-corrected chi connectivity index (χ0v) is 19.3. The molecule has 2 N–H and O–H groups in total. The van der Waals surface area contributed by atoms with Gasteiger partial charge in [0.15, 0.2) is 4.83 Å². The summed E-state index contributed by atoms with van der Waals surface area (Å²) in [6.45, 7) is 2.09. The van der Waals surface area contributed by atoms with Crippen molar-refractivity contribution >= 4 is 27.4 Å². The number of aromatic amines is 1. The van der Waals surface area contributed by atoms with Crippen LogP contribution < -0.4 is 15.2 Å². The summed E-state index contributed by atoms with van der Waals surface area (Å²) in [5, 5.41) is 10.0. The van der Waals surface area contributed by atoms with Gasteiger partial charge < -0.3 is 19.7 Å². The van der Waals surface area contributed by atoms with E-state index in [0.717, 1.165) is 55.7 Å². The lowest BCUT2D eigenvalue weighted by molar-refractivity contribution is 0.203. The molecule has 0 unspecified atom stereocenters. The summed E-state index contributed by atoms with van der Waals surface area (Å²) in [5.74, 6) is 1.97. The summed E-state index contributed by atoms with van der Waals surface area (Å²) in [6.07, 6.45) is 7.85. The molecule has 0 bridgehead atoms. The zero-order chi connectivity index (χ0) is 22.1. The van der Waals surface area contributed by atoms with Gasteiger partial charge in [0, 0.05) is 37.4 Å². The van der Waals surface area contributed by atoms with Crippen molar-refractivity contribution in [2.75, 3.05) is 31.7 Å². The first kappa shape index (κ1) is 21.4. The van der Waals surface area contributed by atoms with Crippen LogP contribution in [-0.4, -0.2) is 46.3 Å². The van der Waals surface area contributed by atoms with E-state index in [1.165, 1.54) is 30.8 Å². The average Bonchev–Trinajstić information content (AvgIpc) is 3.29. The standard InChI is InChI=1S/C24H30N4O3S/c1-31-19-13-17(28-11-9-15(14-29)10-12-28)7-8-18(19)22-25-23(30)20-21(27-32-24(20)26-22)16-5-3-2-4-6-16/h7-8,13,15-16,29H,2-6,9-12,14H2,1H3,(H,25,26,30). The van der Waals surface area contributed by atoms with Crippen molar-refractivity contribution in [2.45, 2.75) is 50.9 Å². The molecule has 2 aromatic heterocycles. The van der Waals surface area contributed by atoms with Crippen molar-refractivity contribution in [3.63, 3.8) is 0 Å².